The standard InChI is InChI=1S/C19H16FNO3S/c20-13-4-6-14(7-5-13)24-16-2-1-3-17-15(16)12-18(25-17)19(22)21-8-10-23-11-9-21/h1-7,12H,8-11H2. The van der Waals surface area contributed by atoms with E-state index < -0.39 is 0 Å². The molecule has 0 saturated carbocycles. The molecule has 3 aromatic rings. The summed E-state index contributed by atoms with van der Waals surface area (Å²) in [5.41, 5.74) is 0. The van der Waals surface area contributed by atoms with E-state index in [1.165, 1.54) is 23.5 Å². The molecule has 1 aromatic heterocycles. The number of rotatable bonds is 3. The predicted molar refractivity (Wildman–Crippen MR) is 95.0 cm³/mol. The van der Waals surface area contributed by atoms with Gasteiger partial charge in [-0.25, -0.2) is 4.39 Å². The molecule has 1 aliphatic rings. The van der Waals surface area contributed by atoms with Crippen molar-refractivity contribution in [1.82, 2.24) is 4.90 Å². The van der Waals surface area contributed by atoms with Gasteiger partial charge in [-0.2, -0.15) is 0 Å². The van der Waals surface area contributed by atoms with Crippen LogP contribution in [0.3, 0.4) is 0 Å². The molecule has 0 atom stereocenters. The second-order valence-corrected chi connectivity index (χ2v) is 6.82. The number of amides is 1. The largest absolute Gasteiger partial charge is 0.457 e. The summed E-state index contributed by atoms with van der Waals surface area (Å²) in [7, 11) is 0. The number of halogens is 1. The van der Waals surface area contributed by atoms with Crippen molar-refractivity contribution < 1.29 is 18.7 Å². The Morgan fingerprint density at radius 3 is 2.64 bits per heavy atom. The minimum absolute atomic E-state index is 0.0252. The first-order chi connectivity index (χ1) is 12.2. The highest BCUT2D eigenvalue weighted by Crippen LogP contribution is 2.35. The van der Waals surface area contributed by atoms with Crippen LogP contribution in [0.4, 0.5) is 4.39 Å². The van der Waals surface area contributed by atoms with Gasteiger partial charge in [0.05, 0.1) is 18.1 Å². The van der Waals surface area contributed by atoms with Crippen molar-refractivity contribution >= 4 is 27.3 Å². The first-order valence-corrected chi connectivity index (χ1v) is 8.85. The molecular formula is C19H16FNO3S. The van der Waals surface area contributed by atoms with Gasteiger partial charge in [0.25, 0.3) is 5.91 Å². The highest BCUT2D eigenvalue weighted by Gasteiger charge is 2.21. The third-order valence-electron chi connectivity index (χ3n) is 4.07. The van der Waals surface area contributed by atoms with E-state index >= 15 is 0 Å². The van der Waals surface area contributed by atoms with E-state index in [0.29, 0.717) is 42.7 Å². The van der Waals surface area contributed by atoms with Gasteiger partial charge in [0.1, 0.15) is 17.3 Å². The number of nitrogens with zero attached hydrogens (tertiary/aromatic N) is 1. The maximum absolute atomic E-state index is 13.0. The predicted octanol–water partition coefficient (Wildman–Crippen LogP) is 4.31. The van der Waals surface area contributed by atoms with Crippen molar-refractivity contribution in [2.75, 3.05) is 26.3 Å². The number of fused-ring (bicyclic) bond motifs is 1. The molecular weight excluding hydrogens is 341 g/mol. The zero-order valence-corrected chi connectivity index (χ0v) is 14.2. The zero-order valence-electron chi connectivity index (χ0n) is 13.4. The summed E-state index contributed by atoms with van der Waals surface area (Å²) in [6.07, 6.45) is 0. The normalized spacial score (nSPS) is 14.7. The van der Waals surface area contributed by atoms with Crippen LogP contribution < -0.4 is 4.74 Å². The SMILES string of the molecule is O=C(c1cc2c(Oc3ccc(F)cc3)cccc2s1)N1CCOCC1. The van der Waals surface area contributed by atoms with Crippen molar-refractivity contribution in [3.63, 3.8) is 0 Å². The molecule has 4 rings (SSSR count). The van der Waals surface area contributed by atoms with Crippen molar-refractivity contribution in [1.29, 1.82) is 0 Å². The summed E-state index contributed by atoms with van der Waals surface area (Å²) in [5, 5.41) is 0.883. The smallest absolute Gasteiger partial charge is 0.264 e. The number of ether oxygens (including phenoxy) is 2. The number of carbonyl (C=O) groups excluding carboxylic acids is 1. The van der Waals surface area contributed by atoms with Crippen LogP contribution in [0.15, 0.2) is 48.5 Å². The molecule has 4 nitrogen and oxygen atoms in total. The third kappa shape index (κ3) is 3.36. The molecule has 1 amide bonds. The molecule has 2 heterocycles. The average Bonchev–Trinajstić information content (AvgIpc) is 3.09. The molecule has 25 heavy (non-hydrogen) atoms. The maximum atomic E-state index is 13.0. The average molecular weight is 357 g/mol. The Morgan fingerprint density at radius 2 is 1.88 bits per heavy atom. The number of thiophene rings is 1. The van der Waals surface area contributed by atoms with Crippen LogP contribution in [0.5, 0.6) is 11.5 Å². The van der Waals surface area contributed by atoms with E-state index in [9.17, 15) is 9.18 Å². The Bertz CT molecular complexity index is 901. The van der Waals surface area contributed by atoms with Gasteiger partial charge >= 0.3 is 0 Å². The van der Waals surface area contributed by atoms with Crippen molar-refractivity contribution in [2.24, 2.45) is 0 Å². The van der Waals surface area contributed by atoms with E-state index in [2.05, 4.69) is 0 Å². The van der Waals surface area contributed by atoms with Gasteiger partial charge < -0.3 is 14.4 Å². The van der Waals surface area contributed by atoms with E-state index in [0.717, 1.165) is 10.1 Å². The lowest BCUT2D eigenvalue weighted by Crippen LogP contribution is -2.40. The molecule has 0 bridgehead atoms. The number of hydrogen-bond donors (Lipinski definition) is 0. The van der Waals surface area contributed by atoms with Gasteiger partial charge in [-0.05, 0) is 42.5 Å². The Hall–Kier alpha value is -2.44. The van der Waals surface area contributed by atoms with E-state index in [4.69, 9.17) is 9.47 Å². The molecule has 0 radical (unpaired) electrons. The van der Waals surface area contributed by atoms with Gasteiger partial charge in [-0.1, -0.05) is 6.07 Å². The molecule has 1 saturated heterocycles. The van der Waals surface area contributed by atoms with Crippen molar-refractivity contribution in [3.05, 3.63) is 59.2 Å². The fraction of sp³-hybridized carbons (Fsp3) is 0.211. The van der Waals surface area contributed by atoms with Gasteiger partial charge in [-0.15, -0.1) is 11.3 Å². The minimum atomic E-state index is -0.306. The molecule has 1 fully saturated rings. The minimum Gasteiger partial charge on any atom is -0.457 e. The number of carbonyl (C=O) groups is 1. The van der Waals surface area contributed by atoms with Crippen LogP contribution in [0.1, 0.15) is 9.67 Å². The Morgan fingerprint density at radius 1 is 1.12 bits per heavy atom. The van der Waals surface area contributed by atoms with Crippen LogP contribution >= 0.6 is 11.3 Å². The second-order valence-electron chi connectivity index (χ2n) is 5.74. The number of morpholine rings is 1. The Labute approximate surface area is 148 Å². The molecule has 1 aliphatic heterocycles. The monoisotopic (exact) mass is 357 g/mol. The number of hydrogen-bond acceptors (Lipinski definition) is 4. The van der Waals surface area contributed by atoms with Crippen molar-refractivity contribution in [3.8, 4) is 11.5 Å². The van der Waals surface area contributed by atoms with E-state index in [1.54, 1.807) is 12.1 Å². The molecule has 2 aromatic carbocycles. The fourth-order valence-electron chi connectivity index (χ4n) is 2.78. The first-order valence-electron chi connectivity index (χ1n) is 8.04. The summed E-state index contributed by atoms with van der Waals surface area (Å²) < 4.78 is 25.2. The molecule has 6 heteroatoms. The third-order valence-corrected chi connectivity index (χ3v) is 5.16. The van der Waals surface area contributed by atoms with Gasteiger partial charge in [0.15, 0.2) is 0 Å². The Kier molecular flexibility index (Phi) is 4.38. The molecule has 128 valence electrons. The van der Waals surface area contributed by atoms with Gasteiger partial charge in [-0.3, -0.25) is 4.79 Å². The summed E-state index contributed by atoms with van der Waals surface area (Å²) in [4.78, 5) is 15.2. The Balaban J connectivity index is 1.64. The van der Waals surface area contributed by atoms with Crippen LogP contribution in [-0.4, -0.2) is 37.1 Å². The van der Waals surface area contributed by atoms with Crippen LogP contribution in [0, 0.1) is 5.82 Å². The number of benzene rings is 2. The van der Waals surface area contributed by atoms with E-state index in [-0.39, 0.29) is 11.7 Å². The lowest BCUT2D eigenvalue weighted by Gasteiger charge is -2.26. The quantitative estimate of drug-likeness (QED) is 0.701. The first kappa shape index (κ1) is 16.1. The van der Waals surface area contributed by atoms with Crippen LogP contribution in [0.2, 0.25) is 0 Å². The summed E-state index contributed by atoms with van der Waals surface area (Å²) in [6.45, 7) is 2.39. The summed E-state index contributed by atoms with van der Waals surface area (Å²) in [6, 6.07) is 13.5. The van der Waals surface area contributed by atoms with E-state index in [1.807, 2.05) is 29.2 Å². The molecule has 0 N–H and O–H groups in total. The molecule has 0 spiro atoms. The van der Waals surface area contributed by atoms with Crippen LogP contribution in [0.25, 0.3) is 10.1 Å². The summed E-state index contributed by atoms with van der Waals surface area (Å²) in [5.74, 6) is 0.930. The molecule has 0 aliphatic carbocycles. The lowest BCUT2D eigenvalue weighted by atomic mass is 10.2. The lowest BCUT2D eigenvalue weighted by molar-refractivity contribution is 0.0306. The maximum Gasteiger partial charge on any atom is 0.264 e. The fourth-order valence-corrected chi connectivity index (χ4v) is 3.83. The van der Waals surface area contributed by atoms with Crippen LogP contribution in [-0.2, 0) is 4.74 Å². The van der Waals surface area contributed by atoms with Gasteiger partial charge in [0.2, 0.25) is 0 Å². The zero-order chi connectivity index (χ0) is 17.2. The highest BCUT2D eigenvalue weighted by molar-refractivity contribution is 7.20. The topological polar surface area (TPSA) is 38.8 Å². The van der Waals surface area contributed by atoms with Gasteiger partial charge in [0, 0.05) is 23.2 Å². The van der Waals surface area contributed by atoms with Crippen molar-refractivity contribution in [2.45, 2.75) is 0 Å². The summed E-state index contributed by atoms with van der Waals surface area (Å²) >= 11 is 1.45. The highest BCUT2D eigenvalue weighted by atomic mass is 32.1. The molecule has 0 unspecified atom stereocenters. The second kappa shape index (κ2) is 6.82.